The third kappa shape index (κ3) is 2.57. The van der Waals surface area contributed by atoms with Gasteiger partial charge in [0.25, 0.3) is 0 Å². The first-order chi connectivity index (χ1) is 5.63. The number of aromatic carboxylic acids is 2. The van der Waals surface area contributed by atoms with Gasteiger partial charge in [-0.05, 0) is 0 Å². The van der Waals surface area contributed by atoms with E-state index in [2.05, 4.69) is 0 Å². The average Bonchev–Trinajstić information content (AvgIpc) is 2.04. The fraction of sp³-hybridized carbons (Fsp3) is 0. The van der Waals surface area contributed by atoms with Crippen LogP contribution in [0.25, 0.3) is 0 Å². The molecule has 0 unspecified atom stereocenters. The van der Waals surface area contributed by atoms with Gasteiger partial charge in [0, 0.05) is 11.1 Å². The molecular formula is C8H4MnO4. The molecule has 0 atom stereocenters. The van der Waals surface area contributed by atoms with E-state index in [1.165, 1.54) is 12.1 Å². The Morgan fingerprint density at radius 3 is 1.46 bits per heavy atom. The summed E-state index contributed by atoms with van der Waals surface area (Å²) in [6.07, 6.45) is 0. The summed E-state index contributed by atoms with van der Waals surface area (Å²) in [7, 11) is 0. The van der Waals surface area contributed by atoms with Gasteiger partial charge in [0.15, 0.2) is 0 Å². The Hall–Kier alpha value is -1.32. The summed E-state index contributed by atoms with van der Waals surface area (Å²) in [6.45, 7) is 0. The van der Waals surface area contributed by atoms with Crippen molar-refractivity contribution >= 4 is 11.9 Å². The first-order valence-electron chi connectivity index (χ1n) is 3.14. The number of hydrogen-bond donors (Lipinski definition) is 0. The smallest absolute Gasteiger partial charge is 0.545 e. The van der Waals surface area contributed by atoms with Crippen molar-refractivity contribution in [2.45, 2.75) is 0 Å². The molecule has 0 bridgehead atoms. The van der Waals surface area contributed by atoms with Crippen molar-refractivity contribution < 1.29 is 36.9 Å². The third-order valence-electron chi connectivity index (χ3n) is 1.37. The van der Waals surface area contributed by atoms with E-state index in [4.69, 9.17) is 0 Å². The molecule has 1 rings (SSSR count). The van der Waals surface area contributed by atoms with Crippen LogP contribution in [0.3, 0.4) is 0 Å². The van der Waals surface area contributed by atoms with Crippen LogP contribution in [-0.4, -0.2) is 11.9 Å². The van der Waals surface area contributed by atoms with Crippen LogP contribution in [0.15, 0.2) is 24.3 Å². The molecule has 0 aliphatic carbocycles. The molecule has 0 spiro atoms. The Morgan fingerprint density at radius 1 is 0.923 bits per heavy atom. The molecule has 0 amide bonds. The second-order valence-electron chi connectivity index (χ2n) is 2.12. The van der Waals surface area contributed by atoms with Gasteiger partial charge in [-0.3, -0.25) is 0 Å². The van der Waals surface area contributed by atoms with Crippen LogP contribution in [0.1, 0.15) is 20.7 Å². The molecule has 0 aromatic heterocycles. The molecule has 1 radical (unpaired) electrons. The molecule has 0 heterocycles. The van der Waals surface area contributed by atoms with Crippen LogP contribution in [-0.2, 0) is 17.1 Å². The van der Waals surface area contributed by atoms with Gasteiger partial charge in [-0.1, -0.05) is 24.3 Å². The minimum Gasteiger partial charge on any atom is -0.545 e. The zero-order valence-electron chi connectivity index (χ0n) is 6.32. The summed E-state index contributed by atoms with van der Waals surface area (Å²) in [5, 5.41) is 20.6. The Bertz CT molecular complexity index is 302. The predicted molar refractivity (Wildman–Crippen MR) is 35.1 cm³/mol. The van der Waals surface area contributed by atoms with Crippen molar-refractivity contribution in [3.8, 4) is 0 Å². The summed E-state index contributed by atoms with van der Waals surface area (Å²) in [6, 6.07) is 5.14. The van der Waals surface area contributed by atoms with Crippen LogP contribution < -0.4 is 10.2 Å². The van der Waals surface area contributed by atoms with Crippen molar-refractivity contribution in [2.75, 3.05) is 0 Å². The zero-order valence-corrected chi connectivity index (χ0v) is 7.50. The van der Waals surface area contributed by atoms with Gasteiger partial charge in [-0.15, -0.1) is 0 Å². The van der Waals surface area contributed by atoms with Gasteiger partial charge >= 0.3 is 17.1 Å². The third-order valence-corrected chi connectivity index (χ3v) is 1.37. The van der Waals surface area contributed by atoms with Crippen LogP contribution in [0.4, 0.5) is 0 Å². The Labute approximate surface area is 84.7 Å². The topological polar surface area (TPSA) is 80.3 Å². The maximum atomic E-state index is 10.3. The minimum absolute atomic E-state index is 0. The van der Waals surface area contributed by atoms with E-state index in [-0.39, 0.29) is 28.2 Å². The summed E-state index contributed by atoms with van der Waals surface area (Å²) >= 11 is 0. The molecule has 67 valence electrons. The van der Waals surface area contributed by atoms with E-state index in [0.717, 1.165) is 12.1 Å². The summed E-state index contributed by atoms with van der Waals surface area (Å²) in [5.41, 5.74) is -0.727. The second-order valence-corrected chi connectivity index (χ2v) is 2.12. The monoisotopic (exact) mass is 219 g/mol. The number of hydrogen-bond acceptors (Lipinski definition) is 4. The number of carboxylic acids is 2. The normalized spacial score (nSPS) is 8.62. The van der Waals surface area contributed by atoms with Crippen LogP contribution in [0, 0.1) is 0 Å². The van der Waals surface area contributed by atoms with Crippen molar-refractivity contribution in [1.82, 2.24) is 0 Å². The summed E-state index contributed by atoms with van der Waals surface area (Å²) in [4.78, 5) is 20.6. The molecule has 0 saturated heterocycles. The van der Waals surface area contributed by atoms with Gasteiger partial charge in [0.1, 0.15) is 0 Å². The number of carbonyl (C=O) groups is 2. The van der Waals surface area contributed by atoms with E-state index < -0.39 is 11.9 Å². The van der Waals surface area contributed by atoms with Gasteiger partial charge in [-0.25, -0.2) is 0 Å². The maximum Gasteiger partial charge on any atom is 2.00 e. The molecule has 0 saturated carbocycles. The van der Waals surface area contributed by atoms with Crippen LogP contribution in [0.5, 0.6) is 0 Å². The number of benzene rings is 1. The Kier molecular flexibility index (Phi) is 4.17. The van der Waals surface area contributed by atoms with Crippen molar-refractivity contribution in [2.24, 2.45) is 0 Å². The standard InChI is InChI=1S/C8H6O4.Mn/c9-7(10)5-3-1-2-4-6(5)8(11)12;/h1-4H,(H,9,10)(H,11,12);/q;+2/p-2. The van der Waals surface area contributed by atoms with E-state index in [1.807, 2.05) is 0 Å². The van der Waals surface area contributed by atoms with E-state index >= 15 is 0 Å². The van der Waals surface area contributed by atoms with Gasteiger partial charge in [0.2, 0.25) is 0 Å². The van der Waals surface area contributed by atoms with Crippen molar-refractivity contribution in [3.63, 3.8) is 0 Å². The zero-order chi connectivity index (χ0) is 9.14. The SMILES string of the molecule is O=C([O-])c1ccccc1C(=O)[O-].[Mn+2]. The molecule has 5 heteroatoms. The van der Waals surface area contributed by atoms with Crippen LogP contribution >= 0.6 is 0 Å². The molecule has 0 fully saturated rings. The molecule has 0 aliphatic rings. The van der Waals surface area contributed by atoms with Crippen LogP contribution in [0.2, 0.25) is 0 Å². The molecule has 0 N–H and O–H groups in total. The van der Waals surface area contributed by atoms with Crippen molar-refractivity contribution in [1.29, 1.82) is 0 Å². The number of rotatable bonds is 2. The molecule has 4 nitrogen and oxygen atoms in total. The first kappa shape index (κ1) is 11.7. The van der Waals surface area contributed by atoms with Crippen molar-refractivity contribution in [3.05, 3.63) is 35.4 Å². The predicted octanol–water partition coefficient (Wildman–Crippen LogP) is -1.59. The summed E-state index contributed by atoms with van der Waals surface area (Å²) in [5.74, 6) is -3.04. The van der Waals surface area contributed by atoms with E-state index in [9.17, 15) is 19.8 Å². The Morgan fingerprint density at radius 2 is 1.23 bits per heavy atom. The van der Waals surface area contributed by atoms with Gasteiger partial charge in [0.05, 0.1) is 11.9 Å². The maximum absolute atomic E-state index is 10.3. The van der Waals surface area contributed by atoms with E-state index in [0.29, 0.717) is 0 Å². The Balaban J connectivity index is 0.00000144. The quantitative estimate of drug-likeness (QED) is 0.561. The molecule has 1 aromatic rings. The van der Waals surface area contributed by atoms with Gasteiger partial charge in [-0.2, -0.15) is 0 Å². The number of carbonyl (C=O) groups excluding carboxylic acids is 2. The largest absolute Gasteiger partial charge is 2.00 e. The molecular weight excluding hydrogens is 215 g/mol. The fourth-order valence-electron chi connectivity index (χ4n) is 0.839. The fourth-order valence-corrected chi connectivity index (χ4v) is 0.839. The molecule has 1 aromatic carbocycles. The van der Waals surface area contributed by atoms with Gasteiger partial charge < -0.3 is 19.8 Å². The molecule has 0 aliphatic heterocycles. The average molecular weight is 219 g/mol. The minimum atomic E-state index is -1.52. The second kappa shape index (κ2) is 4.64. The number of carboxylic acid groups (broad SMARTS) is 2. The molecule has 13 heavy (non-hydrogen) atoms. The van der Waals surface area contributed by atoms with E-state index in [1.54, 1.807) is 0 Å². The summed E-state index contributed by atoms with van der Waals surface area (Å²) < 4.78 is 0. The first-order valence-corrected chi connectivity index (χ1v) is 3.14.